The van der Waals surface area contributed by atoms with Crippen molar-refractivity contribution in [2.24, 2.45) is 0 Å². The van der Waals surface area contributed by atoms with Crippen LogP contribution in [0.1, 0.15) is 15.9 Å². The Kier molecular flexibility index (Phi) is 3.26. The van der Waals surface area contributed by atoms with Crippen molar-refractivity contribution >= 4 is 5.97 Å². The van der Waals surface area contributed by atoms with Gasteiger partial charge in [0.15, 0.2) is 0 Å². The molecule has 0 spiro atoms. The van der Waals surface area contributed by atoms with E-state index in [1.165, 1.54) is 12.1 Å². The number of aromatic hydroxyl groups is 2. The predicted octanol–water partition coefficient (Wildman–Crippen LogP) is 0.280. The highest BCUT2D eigenvalue weighted by molar-refractivity contribution is 5.93. The summed E-state index contributed by atoms with van der Waals surface area (Å²) in [4.78, 5) is 10.4. The molecule has 5 N–H and O–H groups in total. The average molecular weight is 186 g/mol. The van der Waals surface area contributed by atoms with Crippen LogP contribution in [0, 0.1) is 6.92 Å². The number of aryl methyl sites for hydroxylation is 1. The van der Waals surface area contributed by atoms with Gasteiger partial charge in [0.2, 0.25) is 0 Å². The van der Waals surface area contributed by atoms with Gasteiger partial charge in [-0.05, 0) is 24.6 Å². The largest absolute Gasteiger partial charge is 0.507 e. The Morgan fingerprint density at radius 2 is 1.62 bits per heavy atom. The van der Waals surface area contributed by atoms with Crippen molar-refractivity contribution < 1.29 is 25.6 Å². The summed E-state index contributed by atoms with van der Waals surface area (Å²) in [5, 5.41) is 26.7. The van der Waals surface area contributed by atoms with Gasteiger partial charge < -0.3 is 20.8 Å². The number of hydrogen-bond donors (Lipinski definition) is 3. The van der Waals surface area contributed by atoms with E-state index in [-0.39, 0.29) is 5.48 Å². The lowest BCUT2D eigenvalue weighted by Gasteiger charge is -2.03. The van der Waals surface area contributed by atoms with Crippen molar-refractivity contribution in [3.8, 4) is 11.5 Å². The van der Waals surface area contributed by atoms with Crippen molar-refractivity contribution in [1.29, 1.82) is 0 Å². The number of rotatable bonds is 1. The highest BCUT2D eigenvalue weighted by Gasteiger charge is 2.14. The quantitative estimate of drug-likeness (QED) is 0.585. The Morgan fingerprint density at radius 3 is 1.92 bits per heavy atom. The third-order valence-corrected chi connectivity index (χ3v) is 1.45. The van der Waals surface area contributed by atoms with E-state index >= 15 is 0 Å². The lowest BCUT2D eigenvalue weighted by molar-refractivity contribution is 0.0690. The van der Waals surface area contributed by atoms with Gasteiger partial charge in [0.1, 0.15) is 17.1 Å². The number of carbonyl (C=O) groups is 1. The molecule has 5 nitrogen and oxygen atoms in total. The number of aromatic carboxylic acids is 1. The lowest BCUT2D eigenvalue weighted by Crippen LogP contribution is -1.97. The van der Waals surface area contributed by atoms with Gasteiger partial charge in [-0.25, -0.2) is 4.79 Å². The number of benzene rings is 1. The Balaban J connectivity index is 0.00000144. The van der Waals surface area contributed by atoms with Crippen LogP contribution in [0.3, 0.4) is 0 Å². The van der Waals surface area contributed by atoms with E-state index in [4.69, 9.17) is 15.3 Å². The van der Waals surface area contributed by atoms with E-state index in [1.807, 2.05) is 0 Å². The molecule has 1 aromatic rings. The highest BCUT2D eigenvalue weighted by atomic mass is 16.4. The molecule has 0 aliphatic carbocycles. The van der Waals surface area contributed by atoms with Gasteiger partial charge in [0.05, 0.1) is 0 Å². The highest BCUT2D eigenvalue weighted by Crippen LogP contribution is 2.27. The molecular weight excluding hydrogens is 176 g/mol. The monoisotopic (exact) mass is 186 g/mol. The summed E-state index contributed by atoms with van der Waals surface area (Å²) in [5.41, 5.74) is 0.149. The molecule has 72 valence electrons. The van der Waals surface area contributed by atoms with Crippen LogP contribution in [0.4, 0.5) is 0 Å². The summed E-state index contributed by atoms with van der Waals surface area (Å²) in [7, 11) is 0. The van der Waals surface area contributed by atoms with Gasteiger partial charge in [-0.15, -0.1) is 0 Å². The van der Waals surface area contributed by atoms with Crippen LogP contribution in [0.5, 0.6) is 11.5 Å². The van der Waals surface area contributed by atoms with Crippen LogP contribution in [-0.2, 0) is 0 Å². The molecule has 0 heterocycles. The third kappa shape index (κ3) is 2.09. The molecule has 0 aromatic heterocycles. The molecule has 1 rings (SSSR count). The first-order chi connectivity index (χ1) is 5.52. The fourth-order valence-electron chi connectivity index (χ4n) is 0.968. The number of carboxylic acids is 1. The molecule has 13 heavy (non-hydrogen) atoms. The summed E-state index contributed by atoms with van der Waals surface area (Å²) in [6.45, 7) is 1.64. The minimum atomic E-state index is -1.34. The number of hydrogen-bond acceptors (Lipinski definition) is 3. The first-order valence-corrected chi connectivity index (χ1v) is 3.28. The van der Waals surface area contributed by atoms with Gasteiger partial charge in [0, 0.05) is 0 Å². The predicted molar refractivity (Wildman–Crippen MR) is 45.1 cm³/mol. The molecule has 0 saturated carbocycles. The van der Waals surface area contributed by atoms with Crippen molar-refractivity contribution in [2.45, 2.75) is 6.92 Å². The average Bonchev–Trinajstić information content (AvgIpc) is 1.82. The van der Waals surface area contributed by atoms with Crippen molar-refractivity contribution in [3.05, 3.63) is 23.3 Å². The van der Waals surface area contributed by atoms with Crippen molar-refractivity contribution in [2.75, 3.05) is 0 Å². The topological polar surface area (TPSA) is 109 Å². The summed E-state index contributed by atoms with van der Waals surface area (Å²) < 4.78 is 0. The maximum atomic E-state index is 10.4. The molecule has 0 bridgehead atoms. The Morgan fingerprint density at radius 1 is 1.23 bits per heavy atom. The second-order valence-corrected chi connectivity index (χ2v) is 2.48. The van der Waals surface area contributed by atoms with Crippen molar-refractivity contribution in [3.63, 3.8) is 0 Å². The molecule has 0 amide bonds. The minimum Gasteiger partial charge on any atom is -0.507 e. The van der Waals surface area contributed by atoms with Gasteiger partial charge in [-0.3, -0.25) is 0 Å². The first-order valence-electron chi connectivity index (χ1n) is 3.28. The molecule has 0 radical (unpaired) electrons. The zero-order chi connectivity index (χ0) is 9.30. The molecule has 1 aromatic carbocycles. The Hall–Kier alpha value is -1.75. The Bertz CT molecular complexity index is 308. The maximum absolute atomic E-state index is 10.4. The summed E-state index contributed by atoms with van der Waals surface area (Å²) >= 11 is 0. The summed E-state index contributed by atoms with van der Waals surface area (Å²) in [5.74, 6) is -2.18. The van der Waals surface area contributed by atoms with Crippen LogP contribution in [0.25, 0.3) is 0 Å². The second-order valence-electron chi connectivity index (χ2n) is 2.48. The van der Waals surface area contributed by atoms with Crippen LogP contribution >= 0.6 is 0 Å². The van der Waals surface area contributed by atoms with Crippen LogP contribution in [-0.4, -0.2) is 26.8 Å². The Labute approximate surface area is 74.2 Å². The smallest absolute Gasteiger partial charge is 0.343 e. The summed E-state index contributed by atoms with van der Waals surface area (Å²) in [6.07, 6.45) is 0. The maximum Gasteiger partial charge on any atom is 0.343 e. The molecule has 0 aliphatic heterocycles. The molecule has 0 fully saturated rings. The lowest BCUT2D eigenvalue weighted by atomic mass is 10.1. The van der Waals surface area contributed by atoms with E-state index in [1.54, 1.807) is 6.92 Å². The molecular formula is C8H10O5. The normalized spacial score (nSPS) is 9.00. The second kappa shape index (κ2) is 3.77. The fraction of sp³-hybridized carbons (Fsp3) is 0.125. The van der Waals surface area contributed by atoms with Gasteiger partial charge >= 0.3 is 5.97 Å². The third-order valence-electron chi connectivity index (χ3n) is 1.45. The van der Waals surface area contributed by atoms with E-state index < -0.39 is 23.0 Å². The van der Waals surface area contributed by atoms with Crippen molar-refractivity contribution in [1.82, 2.24) is 0 Å². The van der Waals surface area contributed by atoms with Crippen LogP contribution in [0.15, 0.2) is 12.1 Å². The zero-order valence-corrected chi connectivity index (χ0v) is 6.90. The standard InChI is InChI=1S/C8H8O4.H2O/c1-4-2-5(9)7(8(11)12)6(10)3-4;/h2-3,9-10H,1H3,(H,11,12);1H2. The molecule has 0 unspecified atom stereocenters. The van der Waals surface area contributed by atoms with Gasteiger partial charge in [0.25, 0.3) is 0 Å². The van der Waals surface area contributed by atoms with Crippen LogP contribution < -0.4 is 0 Å². The number of carboxylic acid groups (broad SMARTS) is 1. The zero-order valence-electron chi connectivity index (χ0n) is 6.90. The van der Waals surface area contributed by atoms with Gasteiger partial charge in [-0.1, -0.05) is 0 Å². The minimum absolute atomic E-state index is 0. The molecule has 5 heteroatoms. The van der Waals surface area contributed by atoms with E-state index in [9.17, 15) is 4.79 Å². The molecule has 0 aliphatic rings. The van der Waals surface area contributed by atoms with Gasteiger partial charge in [-0.2, -0.15) is 0 Å². The molecule has 0 saturated heterocycles. The summed E-state index contributed by atoms with van der Waals surface area (Å²) in [6, 6.07) is 2.56. The SMILES string of the molecule is Cc1cc(O)c(C(=O)O)c(O)c1.O. The number of phenols is 2. The first kappa shape index (κ1) is 11.2. The fourth-order valence-corrected chi connectivity index (χ4v) is 0.968. The van der Waals surface area contributed by atoms with E-state index in [2.05, 4.69) is 0 Å². The van der Waals surface area contributed by atoms with E-state index in [0.717, 1.165) is 0 Å². The van der Waals surface area contributed by atoms with Crippen LogP contribution in [0.2, 0.25) is 0 Å². The molecule has 0 atom stereocenters. The van der Waals surface area contributed by atoms with E-state index in [0.29, 0.717) is 5.56 Å².